The van der Waals surface area contributed by atoms with Gasteiger partial charge >= 0.3 is 0 Å². The quantitative estimate of drug-likeness (QED) is 0.227. The van der Waals surface area contributed by atoms with E-state index in [9.17, 15) is 17.2 Å². The molecule has 5 rings (SSSR count). The number of benzene rings is 1. The Hall–Kier alpha value is -3.85. The van der Waals surface area contributed by atoms with Gasteiger partial charge in [0, 0.05) is 55.9 Å². The first-order valence-corrected chi connectivity index (χ1v) is 14.5. The molecule has 1 fully saturated rings. The van der Waals surface area contributed by atoms with Gasteiger partial charge in [-0.3, -0.25) is 5.10 Å². The minimum atomic E-state index is -3.24. The maximum Gasteiger partial charge on any atom is 0.227 e. The van der Waals surface area contributed by atoms with Gasteiger partial charge in [-0.2, -0.15) is 20.2 Å². The maximum absolute atomic E-state index is 14.6. The number of sulfone groups is 1. The minimum absolute atomic E-state index is 0.00192. The lowest BCUT2D eigenvalue weighted by Crippen LogP contribution is -2.21. The number of hydrogen-bond donors (Lipinski definition) is 4. The molecular formula is C24H29F2N9O3S. The Morgan fingerprint density at radius 2 is 1.92 bits per heavy atom. The average Bonchev–Trinajstić information content (AvgIpc) is 3.50. The zero-order valence-corrected chi connectivity index (χ0v) is 22.3. The predicted octanol–water partition coefficient (Wildman–Crippen LogP) is 3.30. The number of fused-ring (bicyclic) bond motifs is 1. The van der Waals surface area contributed by atoms with Gasteiger partial charge in [0.25, 0.3) is 0 Å². The third-order valence-corrected chi connectivity index (χ3v) is 7.25. The number of rotatable bonds is 10. The first-order valence-electron chi connectivity index (χ1n) is 12.4. The van der Waals surface area contributed by atoms with Crippen LogP contribution in [0.2, 0.25) is 0 Å². The van der Waals surface area contributed by atoms with Crippen molar-refractivity contribution in [1.29, 1.82) is 0 Å². The van der Waals surface area contributed by atoms with Gasteiger partial charge in [-0.05, 0) is 25.8 Å². The van der Waals surface area contributed by atoms with Crippen molar-refractivity contribution in [2.45, 2.75) is 32.4 Å². The van der Waals surface area contributed by atoms with Crippen LogP contribution in [-0.2, 0) is 21.1 Å². The fourth-order valence-corrected chi connectivity index (χ4v) is 4.78. The molecule has 0 atom stereocenters. The number of aryl methyl sites for hydroxylation is 1. The highest BCUT2D eigenvalue weighted by Gasteiger charge is 2.22. The van der Waals surface area contributed by atoms with Crippen LogP contribution in [0.25, 0.3) is 11.0 Å². The smallest absolute Gasteiger partial charge is 0.227 e. The van der Waals surface area contributed by atoms with Crippen LogP contribution >= 0.6 is 0 Å². The Morgan fingerprint density at radius 1 is 1.13 bits per heavy atom. The highest BCUT2D eigenvalue weighted by Crippen LogP contribution is 2.30. The van der Waals surface area contributed by atoms with E-state index in [1.165, 1.54) is 6.07 Å². The number of hydrogen-bond acceptors (Lipinski definition) is 10. The summed E-state index contributed by atoms with van der Waals surface area (Å²) in [5, 5.41) is 21.3. The van der Waals surface area contributed by atoms with Crippen LogP contribution in [0.1, 0.15) is 30.1 Å². The molecule has 0 spiro atoms. The van der Waals surface area contributed by atoms with E-state index in [2.05, 4.69) is 41.2 Å². The van der Waals surface area contributed by atoms with Crippen molar-refractivity contribution < 1.29 is 21.9 Å². The highest BCUT2D eigenvalue weighted by molar-refractivity contribution is 7.90. The van der Waals surface area contributed by atoms with E-state index in [1.54, 1.807) is 6.20 Å². The number of aromatic nitrogens is 6. The molecule has 39 heavy (non-hydrogen) atoms. The minimum Gasteiger partial charge on any atom is -0.382 e. The van der Waals surface area contributed by atoms with E-state index in [4.69, 9.17) is 4.74 Å². The third-order valence-electron chi connectivity index (χ3n) is 6.30. The van der Waals surface area contributed by atoms with Gasteiger partial charge in [-0.1, -0.05) is 0 Å². The van der Waals surface area contributed by atoms with Crippen LogP contribution in [0.15, 0.2) is 24.4 Å². The summed E-state index contributed by atoms with van der Waals surface area (Å²) in [7, 11) is -3.24. The summed E-state index contributed by atoms with van der Waals surface area (Å²) in [6, 6.07) is 4.00. The molecule has 0 radical (unpaired) electrons. The number of nitrogens with zero attached hydrogens (tertiary/aromatic N) is 5. The van der Waals surface area contributed by atoms with Crippen molar-refractivity contribution in [1.82, 2.24) is 29.9 Å². The van der Waals surface area contributed by atoms with Gasteiger partial charge in [-0.15, -0.1) is 0 Å². The van der Waals surface area contributed by atoms with E-state index < -0.39 is 21.5 Å². The summed E-state index contributed by atoms with van der Waals surface area (Å²) < 4.78 is 59.1. The van der Waals surface area contributed by atoms with E-state index in [1.807, 2.05) is 17.7 Å². The van der Waals surface area contributed by atoms with Crippen LogP contribution < -0.4 is 16.0 Å². The molecule has 1 aromatic carbocycles. The average molecular weight is 562 g/mol. The summed E-state index contributed by atoms with van der Waals surface area (Å²) in [5.74, 6) is -0.517. The lowest BCUT2D eigenvalue weighted by molar-refractivity contribution is 0.0673. The molecule has 1 aliphatic heterocycles. The molecule has 208 valence electrons. The number of nitrogens with one attached hydrogen (secondary N) is 4. The molecule has 0 unspecified atom stereocenters. The number of aromatic amines is 1. The molecule has 15 heteroatoms. The van der Waals surface area contributed by atoms with Gasteiger partial charge in [0.2, 0.25) is 5.95 Å². The Morgan fingerprint density at radius 3 is 2.64 bits per heavy atom. The predicted molar refractivity (Wildman–Crippen MR) is 143 cm³/mol. The van der Waals surface area contributed by atoms with Gasteiger partial charge < -0.3 is 20.7 Å². The number of halogens is 2. The zero-order chi connectivity index (χ0) is 27.6. The first kappa shape index (κ1) is 26.7. The van der Waals surface area contributed by atoms with E-state index in [0.717, 1.165) is 30.9 Å². The molecule has 1 saturated heterocycles. The molecule has 4 aromatic rings. The standard InChI is InChI=1S/C24H29F2N9O3S/c1-14-9-21(34-33-14)30-22-17-13-29-35(16-3-6-38-7-4-16)23(17)32-24(31-22)28-12-15-10-20(19(26)11-18(15)25)27-5-8-39(2,36)37/h9-11,13,16,27H,3-8,12H2,1-2H3,(H3,28,30,31,32,33,34). The Balaban J connectivity index is 1.42. The Bertz CT molecular complexity index is 1580. The lowest BCUT2D eigenvalue weighted by atomic mass is 10.1. The van der Waals surface area contributed by atoms with Crippen molar-refractivity contribution >= 4 is 44.1 Å². The molecular weight excluding hydrogens is 532 g/mol. The molecule has 12 nitrogen and oxygen atoms in total. The highest BCUT2D eigenvalue weighted by atomic mass is 32.2. The first-order chi connectivity index (χ1) is 18.7. The molecule has 3 aromatic heterocycles. The summed E-state index contributed by atoms with van der Waals surface area (Å²) >= 11 is 0. The van der Waals surface area contributed by atoms with Crippen LogP contribution in [0.3, 0.4) is 0 Å². The normalized spacial score (nSPS) is 14.6. The van der Waals surface area contributed by atoms with Crippen molar-refractivity contribution in [3.63, 3.8) is 0 Å². The number of H-pyrrole nitrogens is 1. The fraction of sp³-hybridized carbons (Fsp3) is 0.417. The SMILES string of the molecule is Cc1cc(Nc2nc(NCc3cc(NCCS(C)(=O)=O)c(F)cc3F)nc3c2cnn3C2CCOCC2)n[nH]1. The van der Waals surface area contributed by atoms with Gasteiger partial charge in [-0.25, -0.2) is 21.9 Å². The van der Waals surface area contributed by atoms with Crippen molar-refractivity contribution in [3.8, 4) is 0 Å². The number of ether oxygens (including phenoxy) is 1. The van der Waals surface area contributed by atoms with Gasteiger partial charge in [0.05, 0.1) is 29.1 Å². The van der Waals surface area contributed by atoms with Crippen molar-refractivity contribution in [2.24, 2.45) is 0 Å². The van der Waals surface area contributed by atoms with E-state index >= 15 is 0 Å². The molecule has 0 bridgehead atoms. The van der Waals surface area contributed by atoms with Crippen molar-refractivity contribution in [3.05, 3.63) is 47.3 Å². The molecule has 0 aliphatic carbocycles. The molecule has 0 amide bonds. The molecule has 1 aliphatic rings. The van der Waals surface area contributed by atoms with Crippen LogP contribution in [0.5, 0.6) is 0 Å². The second-order valence-electron chi connectivity index (χ2n) is 9.46. The monoisotopic (exact) mass is 561 g/mol. The summed E-state index contributed by atoms with van der Waals surface area (Å²) in [6.45, 7) is 3.08. The fourth-order valence-electron chi connectivity index (χ4n) is 4.31. The van der Waals surface area contributed by atoms with E-state index in [-0.39, 0.29) is 42.1 Å². The van der Waals surface area contributed by atoms with Crippen LogP contribution in [0, 0.1) is 18.6 Å². The van der Waals surface area contributed by atoms with Crippen LogP contribution in [0.4, 0.5) is 32.1 Å². The summed E-state index contributed by atoms with van der Waals surface area (Å²) in [4.78, 5) is 9.25. The second-order valence-corrected chi connectivity index (χ2v) is 11.7. The maximum atomic E-state index is 14.6. The topological polar surface area (TPSA) is 152 Å². The van der Waals surface area contributed by atoms with Gasteiger partial charge in [0.15, 0.2) is 11.5 Å². The summed E-state index contributed by atoms with van der Waals surface area (Å²) in [5.41, 5.74) is 1.61. The zero-order valence-electron chi connectivity index (χ0n) is 21.5. The summed E-state index contributed by atoms with van der Waals surface area (Å²) in [6.07, 6.45) is 4.37. The molecule has 0 saturated carbocycles. The van der Waals surface area contributed by atoms with Crippen molar-refractivity contribution in [2.75, 3.05) is 47.7 Å². The Kier molecular flexibility index (Phi) is 7.61. The Labute approximate surface area is 223 Å². The van der Waals surface area contributed by atoms with Gasteiger partial charge in [0.1, 0.15) is 27.3 Å². The molecule has 4 heterocycles. The van der Waals surface area contributed by atoms with E-state index in [0.29, 0.717) is 35.9 Å². The largest absolute Gasteiger partial charge is 0.382 e. The second kappa shape index (κ2) is 11.1. The lowest BCUT2D eigenvalue weighted by Gasteiger charge is -2.22. The third kappa shape index (κ3) is 6.42. The molecule has 4 N–H and O–H groups in total. The number of anilines is 4. The van der Waals surface area contributed by atoms with Crippen LogP contribution in [-0.4, -0.2) is 70.1 Å².